The molecule has 0 radical (unpaired) electrons. The number of nitrogens with zero attached hydrogens (tertiary/aromatic N) is 3. The minimum absolute atomic E-state index is 0.258. The molecule has 2 heterocycles. The lowest BCUT2D eigenvalue weighted by molar-refractivity contribution is 0.102. The van der Waals surface area contributed by atoms with Gasteiger partial charge in [-0.15, -0.1) is 0 Å². The van der Waals surface area contributed by atoms with Crippen LogP contribution in [0.25, 0.3) is 16.9 Å². The molecule has 0 bridgehead atoms. The molecule has 0 aliphatic rings. The molecule has 28 heavy (non-hydrogen) atoms. The maximum Gasteiger partial charge on any atom is 0.276 e. The third-order valence-electron chi connectivity index (χ3n) is 4.32. The Labute approximate surface area is 161 Å². The number of hydrogen-bond donors (Lipinski definition) is 1. The number of rotatable bonds is 5. The average molecular weight is 374 g/mol. The number of benzene rings is 2. The van der Waals surface area contributed by atoms with Gasteiger partial charge in [0.2, 0.25) is 0 Å². The number of carbonyl (C=O) groups excluding carboxylic acids is 1. The predicted molar refractivity (Wildman–Crippen MR) is 106 cm³/mol. The van der Waals surface area contributed by atoms with E-state index in [0.29, 0.717) is 22.8 Å². The fourth-order valence-electron chi connectivity index (χ4n) is 2.92. The number of ether oxygens (including phenoxy) is 2. The zero-order valence-electron chi connectivity index (χ0n) is 15.4. The Bertz CT molecular complexity index is 1140. The minimum Gasteiger partial charge on any atom is -0.497 e. The van der Waals surface area contributed by atoms with Gasteiger partial charge in [0.05, 0.1) is 25.6 Å². The smallest absolute Gasteiger partial charge is 0.276 e. The number of amides is 1. The largest absolute Gasteiger partial charge is 0.497 e. The van der Waals surface area contributed by atoms with Crippen molar-refractivity contribution in [2.75, 3.05) is 19.5 Å². The van der Waals surface area contributed by atoms with Crippen molar-refractivity contribution in [2.45, 2.75) is 0 Å². The van der Waals surface area contributed by atoms with Crippen LogP contribution in [0.3, 0.4) is 0 Å². The highest BCUT2D eigenvalue weighted by molar-refractivity contribution is 6.04. The molecule has 0 unspecified atom stereocenters. The van der Waals surface area contributed by atoms with Gasteiger partial charge >= 0.3 is 0 Å². The first kappa shape index (κ1) is 17.5. The quantitative estimate of drug-likeness (QED) is 0.577. The Kier molecular flexibility index (Phi) is 4.63. The summed E-state index contributed by atoms with van der Waals surface area (Å²) in [6.45, 7) is 0. The topological polar surface area (TPSA) is 77.8 Å². The molecule has 0 aliphatic carbocycles. The molecule has 4 rings (SSSR count). The molecule has 7 heteroatoms. The summed E-state index contributed by atoms with van der Waals surface area (Å²) in [5.74, 6) is 0.784. The van der Waals surface area contributed by atoms with E-state index in [4.69, 9.17) is 9.47 Å². The Hall–Kier alpha value is -3.87. The van der Waals surface area contributed by atoms with Crippen molar-refractivity contribution in [1.82, 2.24) is 14.6 Å². The van der Waals surface area contributed by atoms with E-state index in [-0.39, 0.29) is 11.6 Å². The van der Waals surface area contributed by atoms with E-state index in [1.54, 1.807) is 42.1 Å². The van der Waals surface area contributed by atoms with Crippen LogP contribution in [0.5, 0.6) is 11.5 Å². The fraction of sp³-hybridized carbons (Fsp3) is 0.0952. The summed E-state index contributed by atoms with van der Waals surface area (Å²) >= 11 is 0. The first-order valence-electron chi connectivity index (χ1n) is 8.63. The number of nitrogens with one attached hydrogen (secondary N) is 1. The number of hydrogen-bond acceptors (Lipinski definition) is 5. The van der Waals surface area contributed by atoms with Gasteiger partial charge in [-0.05, 0) is 18.2 Å². The summed E-state index contributed by atoms with van der Waals surface area (Å²) in [5.41, 5.74) is 3.22. The summed E-state index contributed by atoms with van der Waals surface area (Å²) < 4.78 is 12.2. The second kappa shape index (κ2) is 7.40. The summed E-state index contributed by atoms with van der Waals surface area (Å²) in [7, 11) is 3.10. The van der Waals surface area contributed by atoms with Crippen molar-refractivity contribution in [3.8, 4) is 22.8 Å². The summed E-state index contributed by atoms with van der Waals surface area (Å²) in [6.07, 6.45) is 1.70. The number of fused-ring (bicyclic) bond motifs is 1. The summed E-state index contributed by atoms with van der Waals surface area (Å²) in [5, 5.41) is 7.28. The third kappa shape index (κ3) is 3.25. The van der Waals surface area contributed by atoms with E-state index < -0.39 is 0 Å². The van der Waals surface area contributed by atoms with Crippen LogP contribution >= 0.6 is 0 Å². The number of carbonyl (C=O) groups is 1. The van der Waals surface area contributed by atoms with Crippen LogP contribution in [0.2, 0.25) is 0 Å². The molecule has 1 amide bonds. The van der Waals surface area contributed by atoms with Gasteiger partial charge in [-0.3, -0.25) is 4.79 Å². The van der Waals surface area contributed by atoms with Gasteiger partial charge in [0, 0.05) is 23.9 Å². The van der Waals surface area contributed by atoms with Crippen LogP contribution in [0.4, 0.5) is 5.69 Å². The maximum atomic E-state index is 12.8. The van der Waals surface area contributed by atoms with Crippen molar-refractivity contribution in [1.29, 1.82) is 0 Å². The molecule has 0 spiro atoms. The van der Waals surface area contributed by atoms with Crippen LogP contribution in [0, 0.1) is 0 Å². The van der Waals surface area contributed by atoms with Crippen LogP contribution in [-0.2, 0) is 0 Å². The molecule has 0 fully saturated rings. The van der Waals surface area contributed by atoms with E-state index in [2.05, 4.69) is 15.4 Å². The molecule has 0 aliphatic heterocycles. The van der Waals surface area contributed by atoms with E-state index >= 15 is 0 Å². The van der Waals surface area contributed by atoms with Crippen molar-refractivity contribution in [3.63, 3.8) is 0 Å². The normalized spacial score (nSPS) is 10.6. The molecule has 0 saturated carbocycles. The molecule has 4 aromatic rings. The first-order chi connectivity index (χ1) is 13.7. The number of aromatic nitrogens is 3. The monoisotopic (exact) mass is 374 g/mol. The Morgan fingerprint density at radius 3 is 2.57 bits per heavy atom. The summed E-state index contributed by atoms with van der Waals surface area (Å²) in [6, 6.07) is 18.5. The highest BCUT2D eigenvalue weighted by Crippen LogP contribution is 2.29. The first-order valence-corrected chi connectivity index (χ1v) is 8.63. The Morgan fingerprint density at radius 1 is 1.00 bits per heavy atom. The van der Waals surface area contributed by atoms with Crippen molar-refractivity contribution < 1.29 is 14.3 Å². The van der Waals surface area contributed by atoms with Gasteiger partial charge < -0.3 is 14.8 Å². The van der Waals surface area contributed by atoms with E-state index in [0.717, 1.165) is 11.3 Å². The molecule has 140 valence electrons. The van der Waals surface area contributed by atoms with Gasteiger partial charge in [0.1, 0.15) is 11.5 Å². The number of anilines is 1. The van der Waals surface area contributed by atoms with Crippen molar-refractivity contribution >= 4 is 17.2 Å². The van der Waals surface area contributed by atoms with Crippen LogP contribution in [0.1, 0.15) is 10.5 Å². The highest BCUT2D eigenvalue weighted by Gasteiger charge is 2.16. The SMILES string of the molecule is COc1ccc(NC(=O)c2cc3nccc(-c4ccccc4)n3n2)c(OC)c1. The molecular weight excluding hydrogens is 356 g/mol. The lowest BCUT2D eigenvalue weighted by Crippen LogP contribution is -2.13. The average Bonchev–Trinajstić information content (AvgIpc) is 3.19. The summed E-state index contributed by atoms with van der Waals surface area (Å²) in [4.78, 5) is 17.1. The lowest BCUT2D eigenvalue weighted by atomic mass is 10.1. The zero-order chi connectivity index (χ0) is 19.5. The highest BCUT2D eigenvalue weighted by atomic mass is 16.5. The van der Waals surface area contributed by atoms with E-state index in [1.165, 1.54) is 7.11 Å². The van der Waals surface area contributed by atoms with Crippen molar-refractivity contribution in [2.24, 2.45) is 0 Å². The van der Waals surface area contributed by atoms with Crippen LogP contribution in [0.15, 0.2) is 66.9 Å². The Balaban J connectivity index is 1.68. The Morgan fingerprint density at radius 2 is 1.82 bits per heavy atom. The number of methoxy groups -OCH3 is 2. The second-order valence-corrected chi connectivity index (χ2v) is 6.02. The molecule has 2 aromatic heterocycles. The second-order valence-electron chi connectivity index (χ2n) is 6.02. The van der Waals surface area contributed by atoms with E-state index in [1.807, 2.05) is 36.4 Å². The molecule has 2 aromatic carbocycles. The van der Waals surface area contributed by atoms with E-state index in [9.17, 15) is 4.79 Å². The molecular formula is C21H18N4O3. The van der Waals surface area contributed by atoms with Crippen LogP contribution in [-0.4, -0.2) is 34.7 Å². The molecule has 1 N–H and O–H groups in total. The zero-order valence-corrected chi connectivity index (χ0v) is 15.4. The van der Waals surface area contributed by atoms with Crippen molar-refractivity contribution in [3.05, 3.63) is 72.6 Å². The lowest BCUT2D eigenvalue weighted by Gasteiger charge is -2.10. The van der Waals surface area contributed by atoms with Crippen LogP contribution < -0.4 is 14.8 Å². The standard InChI is InChI=1S/C21H18N4O3/c1-27-15-8-9-16(19(12-15)28-2)23-21(26)17-13-20-22-11-10-18(25(20)24-17)14-6-4-3-5-7-14/h3-13H,1-2H3,(H,23,26). The molecule has 0 saturated heterocycles. The fourth-order valence-corrected chi connectivity index (χ4v) is 2.92. The third-order valence-corrected chi connectivity index (χ3v) is 4.32. The minimum atomic E-state index is -0.354. The van der Waals surface area contributed by atoms with Gasteiger partial charge in [-0.2, -0.15) is 5.10 Å². The molecule has 0 atom stereocenters. The maximum absolute atomic E-state index is 12.8. The van der Waals surface area contributed by atoms with Gasteiger partial charge in [-0.1, -0.05) is 30.3 Å². The van der Waals surface area contributed by atoms with Gasteiger partial charge in [0.15, 0.2) is 11.3 Å². The van der Waals surface area contributed by atoms with Gasteiger partial charge in [0.25, 0.3) is 5.91 Å². The molecule has 7 nitrogen and oxygen atoms in total. The van der Waals surface area contributed by atoms with Gasteiger partial charge in [-0.25, -0.2) is 9.50 Å². The predicted octanol–water partition coefficient (Wildman–Crippen LogP) is 3.67.